The van der Waals surface area contributed by atoms with Gasteiger partial charge < -0.3 is 20.1 Å². The van der Waals surface area contributed by atoms with Crippen LogP contribution in [0.1, 0.15) is 31.9 Å². The smallest absolute Gasteiger partial charge is 0.408 e. The summed E-state index contributed by atoms with van der Waals surface area (Å²) < 4.78 is 10.1. The van der Waals surface area contributed by atoms with E-state index in [1.165, 1.54) is 0 Å². The third-order valence-electron chi connectivity index (χ3n) is 2.76. The van der Waals surface area contributed by atoms with Crippen LogP contribution >= 0.6 is 0 Å². The maximum atomic E-state index is 11.6. The Morgan fingerprint density at radius 1 is 1.08 bits per heavy atom. The van der Waals surface area contributed by atoms with Gasteiger partial charge in [-0.3, -0.25) is 9.59 Å². The number of hydrogen-bond donors (Lipinski definition) is 2. The predicted octanol–water partition coefficient (Wildman–Crippen LogP) is 1.70. The van der Waals surface area contributed by atoms with Crippen molar-refractivity contribution in [1.29, 1.82) is 0 Å². The highest BCUT2D eigenvalue weighted by atomic mass is 16.6. The van der Waals surface area contributed by atoms with Crippen molar-refractivity contribution < 1.29 is 23.9 Å². The van der Waals surface area contributed by atoms with Gasteiger partial charge in [0.15, 0.2) is 0 Å². The summed E-state index contributed by atoms with van der Waals surface area (Å²) in [5.41, 5.74) is 0.984. The summed E-state index contributed by atoms with van der Waals surface area (Å²) in [5, 5.41) is 4.63. The first-order valence-corrected chi connectivity index (χ1v) is 7.46. The molecule has 0 saturated carbocycles. The lowest BCUT2D eigenvalue weighted by atomic mass is 10.1. The molecule has 0 bridgehead atoms. The molecule has 1 aromatic rings. The molecule has 0 atom stereocenters. The second kappa shape index (κ2) is 8.90. The monoisotopic (exact) mass is 335 g/mol. The average Bonchev–Trinajstić information content (AvgIpc) is 2.50. The number of hydrogen-bond acceptors (Lipinski definition) is 5. The Labute approximate surface area is 141 Å². The van der Waals surface area contributed by atoms with E-state index in [-0.39, 0.29) is 25.5 Å². The molecule has 0 aromatic heterocycles. The SMILES string of the molecule is [CH2]NC(=O)Cc1ccc(COC(=O)CNC(=O)OC(C)(C)C)cc1. The summed E-state index contributed by atoms with van der Waals surface area (Å²) in [6, 6.07) is 7.08. The molecule has 7 heteroatoms. The van der Waals surface area contributed by atoms with Crippen molar-refractivity contribution in [2.75, 3.05) is 6.54 Å². The lowest BCUT2D eigenvalue weighted by Gasteiger charge is -2.19. The van der Waals surface area contributed by atoms with Crippen LogP contribution in [0.5, 0.6) is 0 Å². The molecular weight excluding hydrogens is 312 g/mol. The van der Waals surface area contributed by atoms with Crippen molar-refractivity contribution in [3.8, 4) is 0 Å². The van der Waals surface area contributed by atoms with Gasteiger partial charge in [-0.2, -0.15) is 0 Å². The highest BCUT2D eigenvalue weighted by Gasteiger charge is 2.16. The molecule has 2 amide bonds. The molecule has 0 unspecified atom stereocenters. The number of amides is 2. The van der Waals surface area contributed by atoms with Crippen LogP contribution in [0, 0.1) is 7.05 Å². The van der Waals surface area contributed by atoms with Crippen LogP contribution in [0.4, 0.5) is 4.79 Å². The van der Waals surface area contributed by atoms with Crippen LogP contribution in [0.3, 0.4) is 0 Å². The highest BCUT2D eigenvalue weighted by Crippen LogP contribution is 2.07. The van der Waals surface area contributed by atoms with E-state index in [0.717, 1.165) is 11.1 Å². The van der Waals surface area contributed by atoms with Crippen LogP contribution in [0.25, 0.3) is 0 Å². The van der Waals surface area contributed by atoms with Crippen LogP contribution in [0.2, 0.25) is 0 Å². The maximum Gasteiger partial charge on any atom is 0.408 e. The topological polar surface area (TPSA) is 93.7 Å². The second-order valence-corrected chi connectivity index (χ2v) is 6.11. The summed E-state index contributed by atoms with van der Waals surface area (Å²) in [6.45, 7) is 5.01. The van der Waals surface area contributed by atoms with Crippen molar-refractivity contribution in [3.63, 3.8) is 0 Å². The molecule has 7 nitrogen and oxygen atoms in total. The quantitative estimate of drug-likeness (QED) is 0.772. The van der Waals surface area contributed by atoms with Gasteiger partial charge in [-0.05, 0) is 31.9 Å². The maximum absolute atomic E-state index is 11.6. The van der Waals surface area contributed by atoms with E-state index in [4.69, 9.17) is 9.47 Å². The van der Waals surface area contributed by atoms with E-state index in [1.54, 1.807) is 45.0 Å². The molecule has 0 fully saturated rings. The zero-order valence-electron chi connectivity index (χ0n) is 14.2. The molecule has 0 aliphatic rings. The molecule has 24 heavy (non-hydrogen) atoms. The summed E-state index contributed by atoms with van der Waals surface area (Å²) in [4.78, 5) is 34.2. The number of carbonyl (C=O) groups is 3. The standard InChI is InChI=1S/C17H23N2O5/c1-17(2,3)24-16(22)19-10-15(21)23-11-13-7-5-12(6-8-13)9-14(20)18-4/h5-8H,4,9-11H2,1-3H3,(H,18,20)(H,19,22). The van der Waals surface area contributed by atoms with Gasteiger partial charge in [-0.25, -0.2) is 4.79 Å². The van der Waals surface area contributed by atoms with E-state index in [2.05, 4.69) is 17.7 Å². The number of rotatable bonds is 6. The molecule has 0 aliphatic carbocycles. The van der Waals surface area contributed by atoms with Gasteiger partial charge in [-0.1, -0.05) is 24.3 Å². The lowest BCUT2D eigenvalue weighted by Crippen LogP contribution is -2.36. The fourth-order valence-corrected chi connectivity index (χ4v) is 1.67. The minimum absolute atomic E-state index is 0.0800. The number of nitrogens with one attached hydrogen (secondary N) is 2. The van der Waals surface area contributed by atoms with Gasteiger partial charge in [0, 0.05) is 7.05 Å². The van der Waals surface area contributed by atoms with Crippen LogP contribution in [-0.4, -0.2) is 30.1 Å². The fourth-order valence-electron chi connectivity index (χ4n) is 1.67. The third kappa shape index (κ3) is 8.17. The Morgan fingerprint density at radius 2 is 1.67 bits per heavy atom. The molecule has 1 aromatic carbocycles. The first kappa shape index (κ1) is 19.5. The lowest BCUT2D eigenvalue weighted by molar-refractivity contribution is -0.143. The van der Waals surface area contributed by atoms with E-state index < -0.39 is 17.7 Å². The van der Waals surface area contributed by atoms with Gasteiger partial charge in [0.2, 0.25) is 5.91 Å². The number of alkyl carbamates (subject to hydrolysis) is 1. The van der Waals surface area contributed by atoms with Crippen molar-refractivity contribution in [2.24, 2.45) is 0 Å². The van der Waals surface area contributed by atoms with E-state index in [0.29, 0.717) is 0 Å². The first-order valence-electron chi connectivity index (χ1n) is 7.46. The zero-order chi connectivity index (χ0) is 18.2. The Bertz CT molecular complexity index is 576. The van der Waals surface area contributed by atoms with Gasteiger partial charge in [0.25, 0.3) is 0 Å². The molecular formula is C17H23N2O5. The molecule has 2 N–H and O–H groups in total. The summed E-state index contributed by atoms with van der Waals surface area (Å²) in [5.74, 6) is -0.747. The number of benzene rings is 1. The van der Waals surface area contributed by atoms with Gasteiger partial charge in [0.1, 0.15) is 18.8 Å². The van der Waals surface area contributed by atoms with Gasteiger partial charge >= 0.3 is 12.1 Å². The van der Waals surface area contributed by atoms with Crippen molar-refractivity contribution in [2.45, 2.75) is 39.4 Å². The Hall–Kier alpha value is -2.57. The molecule has 0 heterocycles. The second-order valence-electron chi connectivity index (χ2n) is 6.11. The Morgan fingerprint density at radius 3 is 2.21 bits per heavy atom. The van der Waals surface area contributed by atoms with Crippen LogP contribution in [0.15, 0.2) is 24.3 Å². The van der Waals surface area contributed by atoms with E-state index in [1.807, 2.05) is 0 Å². The summed E-state index contributed by atoms with van der Waals surface area (Å²) in [6.07, 6.45) is -0.434. The van der Waals surface area contributed by atoms with Crippen LogP contribution in [-0.2, 0) is 32.1 Å². The third-order valence-corrected chi connectivity index (χ3v) is 2.76. The summed E-state index contributed by atoms with van der Waals surface area (Å²) in [7, 11) is 3.30. The van der Waals surface area contributed by atoms with Crippen molar-refractivity contribution in [1.82, 2.24) is 10.6 Å². The van der Waals surface area contributed by atoms with E-state index in [9.17, 15) is 14.4 Å². The molecule has 0 spiro atoms. The van der Waals surface area contributed by atoms with Crippen LogP contribution < -0.4 is 10.6 Å². The number of ether oxygens (including phenoxy) is 2. The molecule has 1 radical (unpaired) electrons. The summed E-state index contributed by atoms with van der Waals surface area (Å²) >= 11 is 0. The Balaban J connectivity index is 2.34. The molecule has 131 valence electrons. The first-order chi connectivity index (χ1) is 11.2. The molecule has 0 saturated heterocycles. The number of carbonyl (C=O) groups excluding carboxylic acids is 3. The minimum Gasteiger partial charge on any atom is -0.460 e. The normalized spacial score (nSPS) is 10.7. The fraction of sp³-hybridized carbons (Fsp3) is 0.412. The van der Waals surface area contributed by atoms with Crippen molar-refractivity contribution >= 4 is 18.0 Å². The zero-order valence-corrected chi connectivity index (χ0v) is 14.2. The average molecular weight is 335 g/mol. The van der Waals surface area contributed by atoms with Crippen molar-refractivity contribution in [3.05, 3.63) is 42.4 Å². The number of esters is 1. The molecule has 1 rings (SSSR count). The largest absolute Gasteiger partial charge is 0.460 e. The predicted molar refractivity (Wildman–Crippen MR) is 87.7 cm³/mol. The minimum atomic E-state index is -0.674. The van der Waals surface area contributed by atoms with Gasteiger partial charge in [-0.15, -0.1) is 0 Å². The Kier molecular flexibility index (Phi) is 7.23. The molecule has 0 aliphatic heterocycles. The van der Waals surface area contributed by atoms with E-state index >= 15 is 0 Å². The van der Waals surface area contributed by atoms with Gasteiger partial charge in [0.05, 0.1) is 6.42 Å². The highest BCUT2D eigenvalue weighted by molar-refractivity contribution is 5.79.